The van der Waals surface area contributed by atoms with Gasteiger partial charge in [0.2, 0.25) is 0 Å². The molecule has 2 aromatic heterocycles. The Hall–Kier alpha value is -1.73. The van der Waals surface area contributed by atoms with E-state index in [-0.39, 0.29) is 0 Å². The summed E-state index contributed by atoms with van der Waals surface area (Å²) in [6.45, 7) is 8.33. The van der Waals surface area contributed by atoms with E-state index in [2.05, 4.69) is 20.0 Å². The molecule has 3 saturated heterocycles. The largest absolute Gasteiger partial charge is 0.473 e. The highest BCUT2D eigenvalue weighted by molar-refractivity contribution is 4.88. The van der Waals surface area contributed by atoms with Crippen molar-refractivity contribution < 1.29 is 13.9 Å². The summed E-state index contributed by atoms with van der Waals surface area (Å²) < 4.78 is 14.5. The number of rotatable bonds is 0. The fraction of sp³-hybridized carbons (Fsp3) is 0.571. The van der Waals surface area contributed by atoms with Crippen LogP contribution in [0.2, 0.25) is 0 Å². The first-order valence-electron chi connectivity index (χ1n) is 9.89. The van der Waals surface area contributed by atoms with Gasteiger partial charge in [0.15, 0.2) is 0 Å². The molecule has 3 aliphatic heterocycles. The average Bonchev–Trinajstić information content (AvgIpc) is 3.58. The molecule has 2 aromatic rings. The number of nitrogens with one attached hydrogen (secondary N) is 2. The number of hydrogen-bond donors (Lipinski definition) is 2. The van der Waals surface area contributed by atoms with E-state index in [1.165, 1.54) is 38.8 Å². The summed E-state index contributed by atoms with van der Waals surface area (Å²) in [7, 11) is 0. The standard InChI is InChI=1S/C5H5N.C4H9NO.C4H9N.C4H8O.C4H4O/c1-2-4-6-5-3-1;1-3-6-4-2-5-1;3*1-2-4-5-3-1/h1-5H;5H,1-4H2;5H,1-4H2;1-4H2;1-4H. The van der Waals surface area contributed by atoms with Gasteiger partial charge in [-0.2, -0.15) is 0 Å². The molecule has 5 rings (SSSR count). The molecule has 3 aliphatic rings. The summed E-state index contributed by atoms with van der Waals surface area (Å²) >= 11 is 0. The average molecular weight is 378 g/mol. The molecule has 0 amide bonds. The Labute approximate surface area is 163 Å². The normalized spacial score (nSPS) is 17.5. The van der Waals surface area contributed by atoms with E-state index < -0.39 is 0 Å². The van der Waals surface area contributed by atoms with Crippen molar-refractivity contribution in [2.24, 2.45) is 0 Å². The van der Waals surface area contributed by atoms with E-state index in [4.69, 9.17) is 9.47 Å². The van der Waals surface area contributed by atoms with E-state index in [9.17, 15) is 0 Å². The van der Waals surface area contributed by atoms with Crippen LogP contribution in [0.15, 0.2) is 59.7 Å². The number of furan rings is 1. The summed E-state index contributed by atoms with van der Waals surface area (Å²) in [5.41, 5.74) is 0. The number of ether oxygens (including phenoxy) is 2. The fourth-order valence-electron chi connectivity index (χ4n) is 2.19. The van der Waals surface area contributed by atoms with Crippen molar-refractivity contribution in [3.05, 3.63) is 55.3 Å². The quantitative estimate of drug-likeness (QED) is 0.735. The predicted octanol–water partition coefficient (Wildman–Crippen LogP) is 3.13. The van der Waals surface area contributed by atoms with E-state index in [0.29, 0.717) is 0 Å². The van der Waals surface area contributed by atoms with Crippen LogP contribution in [0, 0.1) is 0 Å². The monoisotopic (exact) mass is 377 g/mol. The topological polar surface area (TPSA) is 68.5 Å². The molecule has 6 heteroatoms. The minimum Gasteiger partial charge on any atom is -0.473 e. The second-order valence-corrected chi connectivity index (χ2v) is 5.96. The Bertz CT molecular complexity index is 376. The maximum atomic E-state index is 5.01. The van der Waals surface area contributed by atoms with Crippen LogP contribution in [0.25, 0.3) is 0 Å². The third-order valence-electron chi connectivity index (χ3n) is 3.62. The summed E-state index contributed by atoms with van der Waals surface area (Å²) in [4.78, 5) is 3.78. The lowest BCUT2D eigenvalue weighted by molar-refractivity contribution is 0.109. The van der Waals surface area contributed by atoms with E-state index in [0.717, 1.165) is 39.5 Å². The third kappa shape index (κ3) is 18.8. The SMILES string of the molecule is C1CCNC1.C1CCOC1.C1COCCN1.c1ccncc1.c1ccoc1. The lowest BCUT2D eigenvalue weighted by Gasteiger charge is -2.10. The van der Waals surface area contributed by atoms with Gasteiger partial charge < -0.3 is 24.5 Å². The molecule has 0 aliphatic carbocycles. The highest BCUT2D eigenvalue weighted by Gasteiger charge is 1.95. The van der Waals surface area contributed by atoms with Gasteiger partial charge in [-0.25, -0.2) is 0 Å². The lowest BCUT2D eigenvalue weighted by atomic mass is 10.4. The second kappa shape index (κ2) is 20.6. The molecule has 2 N–H and O–H groups in total. The number of aromatic nitrogens is 1. The van der Waals surface area contributed by atoms with Crippen LogP contribution in [0.4, 0.5) is 0 Å². The van der Waals surface area contributed by atoms with Crippen LogP contribution in [-0.4, -0.2) is 57.6 Å². The Balaban J connectivity index is 0.000000169. The van der Waals surface area contributed by atoms with Gasteiger partial charge in [0, 0.05) is 38.7 Å². The zero-order valence-corrected chi connectivity index (χ0v) is 16.4. The van der Waals surface area contributed by atoms with Crippen molar-refractivity contribution >= 4 is 0 Å². The molecule has 0 aromatic carbocycles. The summed E-state index contributed by atoms with van der Waals surface area (Å²) in [5.74, 6) is 0. The van der Waals surface area contributed by atoms with Crippen LogP contribution in [0.3, 0.4) is 0 Å². The number of morpholine rings is 1. The Morgan fingerprint density at radius 3 is 1.30 bits per heavy atom. The number of hydrogen-bond acceptors (Lipinski definition) is 6. The minimum absolute atomic E-state index is 0.889. The summed E-state index contributed by atoms with van der Waals surface area (Å²) in [5, 5.41) is 6.38. The molecule has 0 spiro atoms. The van der Waals surface area contributed by atoms with Crippen molar-refractivity contribution in [1.82, 2.24) is 15.6 Å². The molecule has 0 unspecified atom stereocenters. The first kappa shape index (κ1) is 23.3. The molecular formula is C21H35N3O3. The van der Waals surface area contributed by atoms with Crippen molar-refractivity contribution in [2.45, 2.75) is 25.7 Å². The maximum absolute atomic E-state index is 5.01. The molecule has 0 radical (unpaired) electrons. The molecular weight excluding hydrogens is 342 g/mol. The third-order valence-corrected chi connectivity index (χ3v) is 3.62. The van der Waals surface area contributed by atoms with Crippen molar-refractivity contribution in [2.75, 3.05) is 52.6 Å². The zero-order valence-electron chi connectivity index (χ0n) is 16.4. The van der Waals surface area contributed by atoms with Crippen molar-refractivity contribution in [3.63, 3.8) is 0 Å². The maximum Gasteiger partial charge on any atom is 0.0902 e. The van der Waals surface area contributed by atoms with Gasteiger partial charge in [0.1, 0.15) is 0 Å². The summed E-state index contributed by atoms with van der Waals surface area (Å²) in [6, 6.07) is 9.38. The van der Waals surface area contributed by atoms with Gasteiger partial charge in [0.05, 0.1) is 25.7 Å². The van der Waals surface area contributed by atoms with Crippen LogP contribution < -0.4 is 10.6 Å². The Morgan fingerprint density at radius 2 is 1.11 bits per heavy atom. The van der Waals surface area contributed by atoms with Gasteiger partial charge in [0.25, 0.3) is 0 Å². The molecule has 3 fully saturated rings. The van der Waals surface area contributed by atoms with E-state index >= 15 is 0 Å². The first-order valence-corrected chi connectivity index (χ1v) is 9.89. The molecule has 5 heterocycles. The number of pyridine rings is 1. The second-order valence-electron chi connectivity index (χ2n) is 5.96. The minimum atomic E-state index is 0.889. The highest BCUT2D eigenvalue weighted by Crippen LogP contribution is 1.98. The van der Waals surface area contributed by atoms with Crippen molar-refractivity contribution in [1.29, 1.82) is 0 Å². The predicted molar refractivity (Wildman–Crippen MR) is 109 cm³/mol. The van der Waals surface area contributed by atoms with Gasteiger partial charge in [-0.15, -0.1) is 0 Å². The first-order chi connectivity index (χ1) is 13.5. The summed E-state index contributed by atoms with van der Waals surface area (Å²) in [6.07, 6.45) is 12.1. The van der Waals surface area contributed by atoms with Gasteiger partial charge in [-0.3, -0.25) is 4.98 Å². The molecule has 0 saturated carbocycles. The van der Waals surface area contributed by atoms with Crippen LogP contribution in [0.5, 0.6) is 0 Å². The Morgan fingerprint density at radius 1 is 0.556 bits per heavy atom. The number of nitrogens with zero attached hydrogens (tertiary/aromatic N) is 1. The molecule has 0 bridgehead atoms. The zero-order chi connectivity index (χ0) is 19.1. The lowest BCUT2D eigenvalue weighted by Crippen LogP contribution is -2.30. The van der Waals surface area contributed by atoms with Crippen molar-refractivity contribution in [3.8, 4) is 0 Å². The smallest absolute Gasteiger partial charge is 0.0902 e. The van der Waals surface area contributed by atoms with E-state index in [1.54, 1.807) is 24.9 Å². The fourth-order valence-corrected chi connectivity index (χ4v) is 2.19. The Kier molecular flexibility index (Phi) is 17.8. The van der Waals surface area contributed by atoms with Gasteiger partial charge >= 0.3 is 0 Å². The van der Waals surface area contributed by atoms with Crippen LogP contribution >= 0.6 is 0 Å². The van der Waals surface area contributed by atoms with E-state index in [1.807, 2.05) is 30.3 Å². The molecule has 0 atom stereocenters. The van der Waals surface area contributed by atoms with Gasteiger partial charge in [-0.1, -0.05) is 6.07 Å². The molecule has 27 heavy (non-hydrogen) atoms. The van der Waals surface area contributed by atoms with Gasteiger partial charge in [-0.05, 0) is 63.0 Å². The molecule has 152 valence electrons. The van der Waals surface area contributed by atoms with Crippen LogP contribution in [0.1, 0.15) is 25.7 Å². The molecule has 6 nitrogen and oxygen atoms in total. The highest BCUT2D eigenvalue weighted by atomic mass is 16.5. The van der Waals surface area contributed by atoms with Crippen LogP contribution in [-0.2, 0) is 9.47 Å².